The standard InChI is InChI=1S/C19H27BrO3/c1-17-6-5-14-12(13(17)2-3-15(17)22)8-16-19(20)9-11(21)4-7-18(14,19)10-23-16/h11-14,16,21H,2-10H2,1H3/t11-,12-,13-,14-,16+,17-,18-,19-/m0/s1. The Bertz CT molecular complexity index is 565. The molecular formula is C19H27BrO3. The van der Waals surface area contributed by atoms with E-state index in [1.165, 1.54) is 6.42 Å². The van der Waals surface area contributed by atoms with E-state index in [4.69, 9.17) is 4.74 Å². The molecule has 0 aromatic heterocycles. The van der Waals surface area contributed by atoms with E-state index in [1.807, 2.05) is 0 Å². The summed E-state index contributed by atoms with van der Waals surface area (Å²) in [5.74, 6) is 2.39. The Kier molecular flexibility index (Phi) is 3.08. The zero-order valence-corrected chi connectivity index (χ0v) is 15.5. The van der Waals surface area contributed by atoms with Crippen molar-refractivity contribution in [1.82, 2.24) is 0 Å². The molecule has 1 heterocycles. The van der Waals surface area contributed by atoms with Crippen LogP contribution in [0.25, 0.3) is 0 Å². The normalized spacial score (nSPS) is 61.0. The van der Waals surface area contributed by atoms with Gasteiger partial charge < -0.3 is 9.84 Å². The summed E-state index contributed by atoms with van der Waals surface area (Å²) in [6.07, 6.45) is 8.06. The van der Waals surface area contributed by atoms with Gasteiger partial charge in [-0.1, -0.05) is 22.9 Å². The van der Waals surface area contributed by atoms with Crippen molar-refractivity contribution in [3.63, 3.8) is 0 Å². The third-order valence-electron chi connectivity index (χ3n) is 8.68. The molecule has 1 N–H and O–H groups in total. The molecule has 3 nitrogen and oxygen atoms in total. The van der Waals surface area contributed by atoms with Gasteiger partial charge in [0, 0.05) is 17.3 Å². The van der Waals surface area contributed by atoms with E-state index >= 15 is 0 Å². The number of fused-ring (bicyclic) bond motifs is 3. The molecule has 5 aliphatic rings. The molecule has 128 valence electrons. The minimum Gasteiger partial charge on any atom is -0.393 e. The van der Waals surface area contributed by atoms with Gasteiger partial charge in [-0.25, -0.2) is 0 Å². The van der Waals surface area contributed by atoms with Crippen molar-refractivity contribution in [3.05, 3.63) is 0 Å². The Morgan fingerprint density at radius 2 is 2.04 bits per heavy atom. The average molecular weight is 383 g/mol. The van der Waals surface area contributed by atoms with Gasteiger partial charge in [0.25, 0.3) is 0 Å². The van der Waals surface area contributed by atoms with Crippen LogP contribution in [0.3, 0.4) is 0 Å². The van der Waals surface area contributed by atoms with Crippen molar-refractivity contribution in [2.24, 2.45) is 28.6 Å². The lowest BCUT2D eigenvalue weighted by Crippen LogP contribution is -2.63. The molecule has 8 atom stereocenters. The monoisotopic (exact) mass is 382 g/mol. The highest BCUT2D eigenvalue weighted by atomic mass is 79.9. The molecule has 0 radical (unpaired) electrons. The fourth-order valence-electron chi connectivity index (χ4n) is 7.48. The smallest absolute Gasteiger partial charge is 0.139 e. The molecule has 5 fully saturated rings. The average Bonchev–Trinajstić information content (AvgIpc) is 2.88. The van der Waals surface area contributed by atoms with Gasteiger partial charge in [0.05, 0.1) is 23.1 Å². The number of Topliss-reactive ketones (excluding diaryl/α,β-unsaturated/α-hetero) is 1. The second-order valence-electron chi connectivity index (χ2n) is 9.25. The number of carbonyl (C=O) groups is 1. The molecule has 23 heavy (non-hydrogen) atoms. The largest absolute Gasteiger partial charge is 0.393 e. The maximum Gasteiger partial charge on any atom is 0.139 e. The highest BCUT2D eigenvalue weighted by molar-refractivity contribution is 9.10. The molecule has 0 aromatic rings. The van der Waals surface area contributed by atoms with Gasteiger partial charge in [-0.15, -0.1) is 0 Å². The van der Waals surface area contributed by atoms with Gasteiger partial charge in [0.2, 0.25) is 0 Å². The van der Waals surface area contributed by atoms with Gasteiger partial charge in [-0.3, -0.25) is 4.79 Å². The van der Waals surface area contributed by atoms with Crippen LogP contribution in [0.1, 0.15) is 58.3 Å². The van der Waals surface area contributed by atoms with Crippen LogP contribution in [0.2, 0.25) is 0 Å². The van der Waals surface area contributed by atoms with Crippen LogP contribution in [0.4, 0.5) is 0 Å². The number of aliphatic hydroxyl groups is 1. The molecule has 4 aliphatic carbocycles. The van der Waals surface area contributed by atoms with E-state index in [-0.39, 0.29) is 27.4 Å². The highest BCUT2D eigenvalue weighted by Gasteiger charge is 2.72. The van der Waals surface area contributed by atoms with E-state index in [2.05, 4.69) is 22.9 Å². The number of hydrogen-bond donors (Lipinski definition) is 1. The quantitative estimate of drug-likeness (QED) is 0.652. The lowest BCUT2D eigenvalue weighted by molar-refractivity contribution is -0.136. The summed E-state index contributed by atoms with van der Waals surface area (Å²) >= 11 is 4.11. The van der Waals surface area contributed by atoms with Crippen molar-refractivity contribution in [2.45, 2.75) is 74.8 Å². The summed E-state index contributed by atoms with van der Waals surface area (Å²) in [6, 6.07) is 0. The molecule has 1 aliphatic heterocycles. The van der Waals surface area contributed by atoms with Crippen molar-refractivity contribution < 1.29 is 14.6 Å². The summed E-state index contributed by atoms with van der Waals surface area (Å²) in [5, 5.41) is 10.3. The topological polar surface area (TPSA) is 46.5 Å². The Morgan fingerprint density at radius 1 is 1.22 bits per heavy atom. The number of ether oxygens (including phenoxy) is 1. The third kappa shape index (κ3) is 1.67. The first-order valence-corrected chi connectivity index (χ1v) is 10.2. The van der Waals surface area contributed by atoms with Gasteiger partial charge in [-0.05, 0) is 62.7 Å². The van der Waals surface area contributed by atoms with Crippen molar-refractivity contribution in [1.29, 1.82) is 0 Å². The van der Waals surface area contributed by atoms with Crippen LogP contribution in [0.5, 0.6) is 0 Å². The lowest BCUT2D eigenvalue weighted by Gasteiger charge is -2.61. The van der Waals surface area contributed by atoms with Gasteiger partial charge in [0.15, 0.2) is 0 Å². The van der Waals surface area contributed by atoms with Crippen LogP contribution >= 0.6 is 15.9 Å². The van der Waals surface area contributed by atoms with E-state index in [1.54, 1.807) is 0 Å². The van der Waals surface area contributed by atoms with Gasteiger partial charge in [0.1, 0.15) is 5.78 Å². The fraction of sp³-hybridized carbons (Fsp3) is 0.947. The summed E-state index contributed by atoms with van der Waals surface area (Å²) in [6.45, 7) is 3.10. The lowest BCUT2D eigenvalue weighted by atomic mass is 9.45. The number of ketones is 1. The Labute approximate surface area is 146 Å². The number of hydrogen-bond acceptors (Lipinski definition) is 3. The van der Waals surface area contributed by atoms with Gasteiger partial charge in [-0.2, -0.15) is 0 Å². The number of halogens is 1. The first kappa shape index (κ1) is 15.3. The number of rotatable bonds is 0. The number of carbonyl (C=O) groups excluding carboxylic acids is 1. The molecule has 0 unspecified atom stereocenters. The molecule has 2 bridgehead atoms. The Morgan fingerprint density at radius 3 is 2.87 bits per heavy atom. The molecular weight excluding hydrogens is 356 g/mol. The van der Waals surface area contributed by atoms with Crippen LogP contribution in [-0.2, 0) is 9.53 Å². The summed E-state index contributed by atoms with van der Waals surface area (Å²) in [7, 11) is 0. The van der Waals surface area contributed by atoms with Gasteiger partial charge >= 0.3 is 0 Å². The third-order valence-corrected chi connectivity index (χ3v) is 10.3. The van der Waals surface area contributed by atoms with Crippen LogP contribution in [0, 0.1) is 28.6 Å². The van der Waals surface area contributed by atoms with E-state index < -0.39 is 0 Å². The van der Waals surface area contributed by atoms with Crippen molar-refractivity contribution in [3.8, 4) is 0 Å². The minimum atomic E-state index is -0.190. The predicted octanol–water partition coefficient (Wildman–Crippen LogP) is 3.47. The fourth-order valence-corrected chi connectivity index (χ4v) is 8.78. The van der Waals surface area contributed by atoms with Crippen molar-refractivity contribution in [2.75, 3.05) is 6.61 Å². The summed E-state index contributed by atoms with van der Waals surface area (Å²) in [4.78, 5) is 12.5. The summed E-state index contributed by atoms with van der Waals surface area (Å²) in [5.41, 5.74) is 0.129. The maximum atomic E-state index is 12.5. The zero-order chi connectivity index (χ0) is 16.0. The highest BCUT2D eigenvalue weighted by Crippen LogP contribution is 2.71. The van der Waals surface area contributed by atoms with E-state index in [0.29, 0.717) is 23.5 Å². The predicted molar refractivity (Wildman–Crippen MR) is 90.4 cm³/mol. The first-order chi connectivity index (χ1) is 10.9. The molecule has 5 rings (SSSR count). The van der Waals surface area contributed by atoms with Crippen LogP contribution < -0.4 is 0 Å². The SMILES string of the molecule is C[C@]12CC[C@H]3[C@@H](C[C@H]4OC[C@@]35CC[C@H](O)C[C@]45Br)[C@@H]1CCC2=O. The molecule has 0 amide bonds. The zero-order valence-electron chi connectivity index (χ0n) is 13.9. The minimum absolute atomic E-state index is 0.0326. The molecule has 1 saturated heterocycles. The van der Waals surface area contributed by atoms with Crippen LogP contribution in [-0.4, -0.2) is 34.0 Å². The van der Waals surface area contributed by atoms with E-state index in [0.717, 1.165) is 51.6 Å². The Balaban J connectivity index is 1.56. The summed E-state index contributed by atoms with van der Waals surface area (Å²) < 4.78 is 6.29. The second-order valence-corrected chi connectivity index (χ2v) is 10.7. The molecule has 4 heteroatoms. The maximum absolute atomic E-state index is 12.5. The Hall–Kier alpha value is 0.0700. The molecule has 4 saturated carbocycles. The number of aliphatic hydroxyl groups excluding tert-OH is 1. The van der Waals surface area contributed by atoms with E-state index in [9.17, 15) is 9.90 Å². The van der Waals surface area contributed by atoms with Crippen LogP contribution in [0.15, 0.2) is 0 Å². The number of alkyl halides is 1. The van der Waals surface area contributed by atoms with Crippen molar-refractivity contribution >= 4 is 21.7 Å². The molecule has 0 spiro atoms. The first-order valence-electron chi connectivity index (χ1n) is 9.43. The molecule has 0 aromatic carbocycles. The second kappa shape index (κ2) is 4.62.